The molecule has 7 nitrogen and oxygen atoms in total. The molecule has 1 aliphatic heterocycles. The molecule has 1 amide bonds. The van der Waals surface area contributed by atoms with Gasteiger partial charge in [-0.1, -0.05) is 0 Å². The Morgan fingerprint density at radius 3 is 2.50 bits per heavy atom. The number of furan rings is 1. The van der Waals surface area contributed by atoms with Crippen LogP contribution < -0.4 is 4.74 Å². The zero-order chi connectivity index (χ0) is 23.4. The van der Waals surface area contributed by atoms with Gasteiger partial charge in [0.2, 0.25) is 0 Å². The Morgan fingerprint density at radius 1 is 1.16 bits per heavy atom. The molecule has 0 saturated carbocycles. The van der Waals surface area contributed by atoms with Crippen LogP contribution in [0.25, 0.3) is 5.76 Å². The smallest absolute Gasteiger partial charge is 0.295 e. The number of aryl methyl sites for hydroxylation is 1. The topological polar surface area (TPSA) is 89.2 Å². The number of carbonyl (C=O) groups excluding carboxylic acids is 2. The predicted molar refractivity (Wildman–Crippen MR) is 120 cm³/mol. The van der Waals surface area contributed by atoms with Crippen molar-refractivity contribution >= 4 is 17.4 Å². The molecule has 0 spiro atoms. The summed E-state index contributed by atoms with van der Waals surface area (Å²) < 4.78 is 16.9. The first-order valence-corrected chi connectivity index (χ1v) is 10.9. The second-order valence-corrected chi connectivity index (χ2v) is 8.43. The van der Waals surface area contributed by atoms with E-state index in [0.717, 1.165) is 5.56 Å². The second kappa shape index (κ2) is 10.0. The Morgan fingerprint density at radius 2 is 1.91 bits per heavy atom. The maximum absolute atomic E-state index is 13.0. The highest BCUT2D eigenvalue weighted by Gasteiger charge is 2.47. The van der Waals surface area contributed by atoms with Crippen molar-refractivity contribution in [2.75, 3.05) is 13.2 Å². The summed E-state index contributed by atoms with van der Waals surface area (Å²) in [5.74, 6) is -0.496. The van der Waals surface area contributed by atoms with E-state index >= 15 is 0 Å². The Kier molecular flexibility index (Phi) is 7.40. The number of amides is 1. The summed E-state index contributed by atoms with van der Waals surface area (Å²) in [4.78, 5) is 27.3. The van der Waals surface area contributed by atoms with Gasteiger partial charge in [-0.2, -0.15) is 0 Å². The standard InChI is InChI=1S/C25H31NO6/c1-15(2)30-13-7-11-26-22(20-8-6-12-31-20)21(24(28)25(26)29)23(27)18-9-10-19(17(5)14-18)32-16(3)4/h6,8-10,12,14-16,22,27H,7,11,13H2,1-5H3/b23-21-. The summed E-state index contributed by atoms with van der Waals surface area (Å²) in [6, 6.07) is 7.78. The number of carbonyl (C=O) groups is 2. The van der Waals surface area contributed by atoms with E-state index in [0.29, 0.717) is 36.6 Å². The van der Waals surface area contributed by atoms with Crippen LogP contribution in [-0.2, 0) is 14.3 Å². The summed E-state index contributed by atoms with van der Waals surface area (Å²) >= 11 is 0. The van der Waals surface area contributed by atoms with Crippen LogP contribution >= 0.6 is 0 Å². The van der Waals surface area contributed by atoms with Crippen molar-refractivity contribution in [2.24, 2.45) is 0 Å². The van der Waals surface area contributed by atoms with Crippen LogP contribution in [0.15, 0.2) is 46.6 Å². The number of rotatable bonds is 9. The molecule has 32 heavy (non-hydrogen) atoms. The molecule has 0 bridgehead atoms. The van der Waals surface area contributed by atoms with Gasteiger partial charge in [0.1, 0.15) is 23.3 Å². The molecule has 2 aromatic rings. The van der Waals surface area contributed by atoms with E-state index < -0.39 is 17.7 Å². The number of hydrogen-bond acceptors (Lipinski definition) is 6. The number of aliphatic hydroxyl groups is 1. The average molecular weight is 442 g/mol. The third-order valence-electron chi connectivity index (χ3n) is 5.16. The molecule has 0 radical (unpaired) electrons. The van der Waals surface area contributed by atoms with Gasteiger partial charge in [-0.25, -0.2) is 0 Å². The fraction of sp³-hybridized carbons (Fsp3) is 0.440. The van der Waals surface area contributed by atoms with Gasteiger partial charge >= 0.3 is 0 Å². The lowest BCUT2D eigenvalue weighted by Crippen LogP contribution is -2.31. The number of benzene rings is 1. The number of Topliss-reactive ketones (excluding diaryl/α,β-unsaturated/α-hetero) is 1. The first-order chi connectivity index (χ1) is 15.2. The highest BCUT2D eigenvalue weighted by Crippen LogP contribution is 2.40. The van der Waals surface area contributed by atoms with Gasteiger partial charge in [-0.3, -0.25) is 9.59 Å². The first-order valence-electron chi connectivity index (χ1n) is 10.9. The minimum atomic E-state index is -0.795. The molecule has 172 valence electrons. The zero-order valence-corrected chi connectivity index (χ0v) is 19.3. The maximum Gasteiger partial charge on any atom is 0.295 e. The summed E-state index contributed by atoms with van der Waals surface area (Å²) in [6.45, 7) is 10.4. The predicted octanol–water partition coefficient (Wildman–Crippen LogP) is 4.61. The SMILES string of the molecule is Cc1cc(/C(O)=C2/C(=O)C(=O)N(CCCOC(C)C)C2c2ccco2)ccc1OC(C)C. The third kappa shape index (κ3) is 5.05. The third-order valence-corrected chi connectivity index (χ3v) is 5.16. The summed E-state index contributed by atoms with van der Waals surface area (Å²) in [6.07, 6.45) is 2.14. The Bertz CT molecular complexity index is 990. The van der Waals surface area contributed by atoms with E-state index in [2.05, 4.69) is 0 Å². The number of hydrogen-bond donors (Lipinski definition) is 1. The average Bonchev–Trinajstić information content (AvgIpc) is 3.34. The fourth-order valence-corrected chi connectivity index (χ4v) is 3.75. The maximum atomic E-state index is 13.0. The second-order valence-electron chi connectivity index (χ2n) is 8.43. The highest BCUT2D eigenvalue weighted by molar-refractivity contribution is 6.46. The van der Waals surface area contributed by atoms with Gasteiger partial charge in [0.05, 0.1) is 24.0 Å². The molecule has 3 rings (SSSR count). The van der Waals surface area contributed by atoms with Crippen LogP contribution in [0.2, 0.25) is 0 Å². The molecule has 2 heterocycles. The number of ether oxygens (including phenoxy) is 2. The van der Waals surface area contributed by atoms with Crippen LogP contribution in [0, 0.1) is 6.92 Å². The molecule has 1 aromatic carbocycles. The molecule has 1 aromatic heterocycles. The summed E-state index contributed by atoms with van der Waals surface area (Å²) in [5.41, 5.74) is 1.28. The molecule has 0 aliphatic carbocycles. The highest BCUT2D eigenvalue weighted by atomic mass is 16.5. The zero-order valence-electron chi connectivity index (χ0n) is 19.3. The van der Waals surface area contributed by atoms with Crippen molar-refractivity contribution in [1.82, 2.24) is 4.90 Å². The van der Waals surface area contributed by atoms with E-state index in [9.17, 15) is 14.7 Å². The lowest BCUT2D eigenvalue weighted by molar-refractivity contribution is -0.140. The number of ketones is 1. The van der Waals surface area contributed by atoms with Crippen LogP contribution in [0.3, 0.4) is 0 Å². The van der Waals surface area contributed by atoms with E-state index in [1.54, 1.807) is 30.3 Å². The quantitative estimate of drug-likeness (QED) is 0.265. The van der Waals surface area contributed by atoms with Crippen LogP contribution in [0.5, 0.6) is 5.75 Å². The first kappa shape index (κ1) is 23.6. The van der Waals surface area contributed by atoms with E-state index in [1.807, 2.05) is 34.6 Å². The fourth-order valence-electron chi connectivity index (χ4n) is 3.75. The Labute approximate surface area is 188 Å². The van der Waals surface area contributed by atoms with Gasteiger partial charge in [0.25, 0.3) is 11.7 Å². The monoisotopic (exact) mass is 441 g/mol. The van der Waals surface area contributed by atoms with Gasteiger partial charge in [0, 0.05) is 18.7 Å². The Hall–Kier alpha value is -3.06. The molecular weight excluding hydrogens is 410 g/mol. The summed E-state index contributed by atoms with van der Waals surface area (Å²) in [7, 11) is 0. The molecule has 1 N–H and O–H groups in total. The van der Waals surface area contributed by atoms with Crippen LogP contribution in [0.4, 0.5) is 0 Å². The number of aliphatic hydroxyl groups excluding tert-OH is 1. The lowest BCUT2D eigenvalue weighted by atomic mass is 9.98. The van der Waals surface area contributed by atoms with E-state index in [-0.39, 0.29) is 23.5 Å². The minimum Gasteiger partial charge on any atom is -0.507 e. The van der Waals surface area contributed by atoms with Gasteiger partial charge in [-0.15, -0.1) is 0 Å². The largest absolute Gasteiger partial charge is 0.507 e. The van der Waals surface area contributed by atoms with Crippen LogP contribution in [0.1, 0.15) is 57.0 Å². The van der Waals surface area contributed by atoms with E-state index in [4.69, 9.17) is 13.9 Å². The van der Waals surface area contributed by atoms with E-state index in [1.165, 1.54) is 11.2 Å². The normalized spacial score (nSPS) is 18.2. The number of likely N-dealkylation sites (tertiary alicyclic amines) is 1. The Balaban J connectivity index is 1.97. The molecule has 1 unspecified atom stereocenters. The summed E-state index contributed by atoms with van der Waals surface area (Å²) in [5, 5.41) is 11.1. The lowest BCUT2D eigenvalue weighted by Gasteiger charge is -2.23. The van der Waals surface area contributed by atoms with Crippen molar-refractivity contribution in [2.45, 2.75) is 59.3 Å². The molecule has 1 aliphatic rings. The van der Waals surface area contributed by atoms with Crippen molar-refractivity contribution < 1.29 is 28.6 Å². The van der Waals surface area contributed by atoms with Gasteiger partial charge < -0.3 is 23.9 Å². The van der Waals surface area contributed by atoms with Crippen LogP contribution in [-0.4, -0.2) is 47.1 Å². The van der Waals surface area contributed by atoms with Gasteiger partial charge in [-0.05, 0) is 76.9 Å². The molecule has 1 saturated heterocycles. The van der Waals surface area contributed by atoms with Crippen molar-refractivity contribution in [3.05, 3.63) is 59.1 Å². The van der Waals surface area contributed by atoms with Gasteiger partial charge in [0.15, 0.2) is 0 Å². The minimum absolute atomic E-state index is 0.0112. The number of nitrogens with zero attached hydrogens (tertiary/aromatic N) is 1. The molecule has 1 fully saturated rings. The van der Waals surface area contributed by atoms with Crippen molar-refractivity contribution in [1.29, 1.82) is 0 Å². The molecular formula is C25H31NO6. The van der Waals surface area contributed by atoms with Crippen molar-refractivity contribution in [3.63, 3.8) is 0 Å². The van der Waals surface area contributed by atoms with Crippen molar-refractivity contribution in [3.8, 4) is 5.75 Å². The molecule has 7 heteroatoms. The molecule has 1 atom stereocenters.